The Bertz CT molecular complexity index is 567. The topological polar surface area (TPSA) is 24.1 Å². The van der Waals surface area contributed by atoms with Crippen molar-refractivity contribution in [2.24, 2.45) is 0 Å². The molecule has 1 saturated heterocycles. The van der Waals surface area contributed by atoms with Gasteiger partial charge in [-0.15, -0.1) is 0 Å². The van der Waals surface area contributed by atoms with Crippen LogP contribution in [0.1, 0.15) is 38.7 Å². The fourth-order valence-corrected chi connectivity index (χ4v) is 3.41. The first-order valence-electron chi connectivity index (χ1n) is 8.05. The van der Waals surface area contributed by atoms with Gasteiger partial charge in [0.1, 0.15) is 5.54 Å². The molecule has 1 aromatic carbocycles. The third kappa shape index (κ3) is 4.37. The van der Waals surface area contributed by atoms with Gasteiger partial charge in [-0.1, -0.05) is 29.3 Å². The number of alkyl halides is 3. The Labute approximate surface area is 151 Å². The second-order valence-electron chi connectivity index (χ2n) is 6.99. The molecule has 0 aromatic heterocycles. The van der Waals surface area contributed by atoms with Gasteiger partial charge >= 0.3 is 6.18 Å². The second-order valence-corrected chi connectivity index (χ2v) is 7.80. The number of hydrogen-bond acceptors (Lipinski definition) is 2. The van der Waals surface area contributed by atoms with Crippen molar-refractivity contribution in [3.8, 4) is 0 Å². The Morgan fingerprint density at radius 2 is 1.92 bits per heavy atom. The molecule has 0 aliphatic carbocycles. The van der Waals surface area contributed by atoms with Crippen molar-refractivity contribution in [3.05, 3.63) is 33.8 Å². The van der Waals surface area contributed by atoms with Crippen LogP contribution in [0.5, 0.6) is 0 Å². The van der Waals surface area contributed by atoms with Gasteiger partial charge < -0.3 is 10.6 Å². The van der Waals surface area contributed by atoms with Crippen LogP contribution in [0.2, 0.25) is 10.0 Å². The Kier molecular flexibility index (Phi) is 6.12. The van der Waals surface area contributed by atoms with Crippen LogP contribution in [0.3, 0.4) is 0 Å². The third-order valence-corrected chi connectivity index (χ3v) is 5.62. The van der Waals surface area contributed by atoms with Crippen LogP contribution in [-0.4, -0.2) is 31.3 Å². The summed E-state index contributed by atoms with van der Waals surface area (Å²) in [5.41, 5.74) is -1.12. The lowest BCUT2D eigenvalue weighted by Crippen LogP contribution is -2.54. The van der Waals surface area contributed by atoms with E-state index < -0.39 is 11.7 Å². The normalized spacial score (nSPS) is 22.6. The van der Waals surface area contributed by atoms with Crippen LogP contribution in [0, 0.1) is 0 Å². The van der Waals surface area contributed by atoms with Gasteiger partial charge in [0.15, 0.2) is 0 Å². The van der Waals surface area contributed by atoms with E-state index in [0.717, 1.165) is 45.3 Å². The van der Waals surface area contributed by atoms with E-state index in [-0.39, 0.29) is 12.0 Å². The van der Waals surface area contributed by atoms with E-state index >= 15 is 0 Å². The van der Waals surface area contributed by atoms with Crippen molar-refractivity contribution in [1.82, 2.24) is 10.6 Å². The van der Waals surface area contributed by atoms with Crippen molar-refractivity contribution in [1.29, 1.82) is 0 Å². The highest BCUT2D eigenvalue weighted by atomic mass is 35.5. The summed E-state index contributed by atoms with van der Waals surface area (Å²) in [6.45, 7) is 4.24. The molecule has 1 atom stereocenters. The first-order chi connectivity index (χ1) is 11.1. The summed E-state index contributed by atoms with van der Waals surface area (Å²) < 4.78 is 39.0. The molecular formula is C17H23Cl2F3N2. The van der Waals surface area contributed by atoms with E-state index in [4.69, 9.17) is 23.2 Å². The average Bonchev–Trinajstić information content (AvgIpc) is 2.49. The summed E-state index contributed by atoms with van der Waals surface area (Å²) in [7, 11) is 0. The largest absolute Gasteiger partial charge is 0.406 e. The van der Waals surface area contributed by atoms with E-state index in [0.29, 0.717) is 16.5 Å². The van der Waals surface area contributed by atoms with Crippen molar-refractivity contribution in [2.75, 3.05) is 19.6 Å². The first-order valence-corrected chi connectivity index (χ1v) is 8.81. The minimum absolute atomic E-state index is 0.235. The molecule has 0 amide bonds. The third-order valence-electron chi connectivity index (χ3n) is 4.88. The number of benzene rings is 1. The standard InChI is InChI=1S/C17H23Cl2F3N2/c1-15(2,17(20,21)22)24-9-7-16(6-3-8-23-11-16)12-4-5-13(18)14(19)10-12/h4-5,10,23-24H,3,6-9,11H2,1-2H3/t16-/m1/s1. The zero-order chi connectivity index (χ0) is 18.0. The van der Waals surface area contributed by atoms with Crippen molar-refractivity contribution >= 4 is 23.2 Å². The summed E-state index contributed by atoms with van der Waals surface area (Å²) in [5, 5.41) is 6.97. The fourth-order valence-electron chi connectivity index (χ4n) is 3.11. The number of piperidine rings is 1. The molecular weight excluding hydrogens is 360 g/mol. The Morgan fingerprint density at radius 3 is 2.46 bits per heavy atom. The number of hydrogen-bond donors (Lipinski definition) is 2. The van der Waals surface area contributed by atoms with Crippen LogP contribution in [-0.2, 0) is 5.41 Å². The summed E-state index contributed by atoms with van der Waals surface area (Å²) in [4.78, 5) is 0. The molecule has 1 aliphatic rings. The van der Waals surface area contributed by atoms with E-state index in [2.05, 4.69) is 10.6 Å². The Hall–Kier alpha value is -0.490. The van der Waals surface area contributed by atoms with E-state index in [1.54, 1.807) is 6.07 Å². The SMILES string of the molecule is CC(C)(NCC[C@]1(c2ccc(Cl)c(Cl)c2)CCCNC1)C(F)(F)F. The highest BCUT2D eigenvalue weighted by Gasteiger charge is 2.47. The summed E-state index contributed by atoms with van der Waals surface area (Å²) in [6.07, 6.45) is -1.80. The van der Waals surface area contributed by atoms with E-state index in [1.807, 2.05) is 12.1 Å². The average molecular weight is 383 g/mol. The maximum Gasteiger partial charge on any atom is 0.406 e. The zero-order valence-electron chi connectivity index (χ0n) is 13.9. The molecule has 1 aliphatic heterocycles. The molecule has 0 saturated carbocycles. The maximum absolute atomic E-state index is 13.0. The van der Waals surface area contributed by atoms with Gasteiger partial charge in [0, 0.05) is 12.0 Å². The second kappa shape index (κ2) is 7.40. The van der Waals surface area contributed by atoms with Gasteiger partial charge in [-0.3, -0.25) is 0 Å². The summed E-state index contributed by atoms with van der Waals surface area (Å²) in [6, 6.07) is 5.52. The number of halogens is 5. The molecule has 0 bridgehead atoms. The molecule has 0 unspecified atom stereocenters. The van der Waals surface area contributed by atoms with Gasteiger partial charge in [0.2, 0.25) is 0 Å². The van der Waals surface area contributed by atoms with Gasteiger partial charge in [0.25, 0.3) is 0 Å². The first kappa shape index (κ1) is 19.8. The smallest absolute Gasteiger partial charge is 0.316 e. The highest BCUT2D eigenvalue weighted by molar-refractivity contribution is 6.42. The highest BCUT2D eigenvalue weighted by Crippen LogP contribution is 2.38. The lowest BCUT2D eigenvalue weighted by molar-refractivity contribution is -0.186. The molecule has 0 spiro atoms. The molecule has 1 heterocycles. The van der Waals surface area contributed by atoms with Crippen LogP contribution in [0.15, 0.2) is 18.2 Å². The minimum Gasteiger partial charge on any atom is -0.316 e. The molecule has 2 N–H and O–H groups in total. The Morgan fingerprint density at radius 1 is 1.21 bits per heavy atom. The minimum atomic E-state index is -4.28. The van der Waals surface area contributed by atoms with Gasteiger partial charge in [-0.05, 0) is 63.9 Å². The Balaban J connectivity index is 2.15. The number of nitrogens with one attached hydrogen (secondary N) is 2. The molecule has 136 valence electrons. The monoisotopic (exact) mass is 382 g/mol. The van der Waals surface area contributed by atoms with E-state index in [1.165, 1.54) is 0 Å². The van der Waals surface area contributed by atoms with Crippen molar-refractivity contribution in [3.63, 3.8) is 0 Å². The molecule has 24 heavy (non-hydrogen) atoms. The van der Waals surface area contributed by atoms with Crippen LogP contribution < -0.4 is 10.6 Å². The predicted molar refractivity (Wildman–Crippen MR) is 93.0 cm³/mol. The van der Waals surface area contributed by atoms with E-state index in [9.17, 15) is 13.2 Å². The van der Waals surface area contributed by atoms with Crippen LogP contribution in [0.4, 0.5) is 13.2 Å². The predicted octanol–water partition coefficient (Wildman–Crippen LogP) is 4.94. The molecule has 1 aromatic rings. The molecule has 1 fully saturated rings. The lowest BCUT2D eigenvalue weighted by Gasteiger charge is -2.40. The molecule has 2 rings (SSSR count). The summed E-state index contributed by atoms with van der Waals surface area (Å²) in [5.74, 6) is 0. The van der Waals surface area contributed by atoms with Gasteiger partial charge in [-0.25, -0.2) is 0 Å². The molecule has 2 nitrogen and oxygen atoms in total. The van der Waals surface area contributed by atoms with Crippen molar-refractivity contribution < 1.29 is 13.2 Å². The summed E-state index contributed by atoms with van der Waals surface area (Å²) >= 11 is 12.1. The van der Waals surface area contributed by atoms with Gasteiger partial charge in [-0.2, -0.15) is 13.2 Å². The van der Waals surface area contributed by atoms with Crippen LogP contribution in [0.25, 0.3) is 0 Å². The lowest BCUT2D eigenvalue weighted by atomic mass is 9.72. The molecule has 0 radical (unpaired) electrons. The fraction of sp³-hybridized carbons (Fsp3) is 0.647. The van der Waals surface area contributed by atoms with Crippen molar-refractivity contribution in [2.45, 2.75) is 50.2 Å². The van der Waals surface area contributed by atoms with Gasteiger partial charge in [0.05, 0.1) is 10.0 Å². The van der Waals surface area contributed by atoms with Crippen LogP contribution >= 0.6 is 23.2 Å². The molecule has 7 heteroatoms. The quantitative estimate of drug-likeness (QED) is 0.753. The number of rotatable bonds is 5. The zero-order valence-corrected chi connectivity index (χ0v) is 15.4. The maximum atomic E-state index is 13.0.